The van der Waals surface area contributed by atoms with Crippen LogP contribution < -0.4 is 20.1 Å². The SMILES string of the molecule is CN(C)C(=O)c1noc(COc2ccc(C(C)(C)c3ccc(OCCCNc4ccc5c(c4)C(=O)N(C4CCC(=O)NC4=O)C5=O)cc3)cc2)n1. The molecule has 0 aliphatic carbocycles. The van der Waals surface area contributed by atoms with Crippen LogP contribution in [-0.4, -0.2) is 82.8 Å². The third-order valence-corrected chi connectivity index (χ3v) is 8.94. The molecule has 1 aromatic heterocycles. The number of fused-ring (bicyclic) bond motifs is 1. The number of carbonyl (C=O) groups excluding carboxylic acids is 5. The molecule has 4 aromatic rings. The van der Waals surface area contributed by atoms with Gasteiger partial charge >= 0.3 is 0 Å². The molecular weight excluding hydrogens is 656 g/mol. The summed E-state index contributed by atoms with van der Waals surface area (Å²) in [5.74, 6) is -0.903. The van der Waals surface area contributed by atoms with Crippen LogP contribution >= 0.6 is 0 Å². The summed E-state index contributed by atoms with van der Waals surface area (Å²) in [5.41, 5.74) is 3.04. The van der Waals surface area contributed by atoms with Crippen molar-refractivity contribution in [1.82, 2.24) is 25.3 Å². The van der Waals surface area contributed by atoms with Gasteiger partial charge in [-0.25, -0.2) is 0 Å². The number of carbonyl (C=O) groups is 5. The third kappa shape index (κ3) is 7.44. The van der Waals surface area contributed by atoms with Crippen molar-refractivity contribution < 1.29 is 38.0 Å². The van der Waals surface area contributed by atoms with Crippen LogP contribution in [0.1, 0.15) is 81.5 Å². The van der Waals surface area contributed by atoms with Crippen molar-refractivity contribution in [3.63, 3.8) is 0 Å². The van der Waals surface area contributed by atoms with Crippen molar-refractivity contribution in [1.29, 1.82) is 0 Å². The van der Waals surface area contributed by atoms with Gasteiger partial charge in [0.25, 0.3) is 29.4 Å². The van der Waals surface area contributed by atoms with Crippen molar-refractivity contribution in [2.24, 2.45) is 0 Å². The highest BCUT2D eigenvalue weighted by Gasteiger charge is 2.44. The van der Waals surface area contributed by atoms with Crippen molar-refractivity contribution >= 4 is 35.2 Å². The Balaban J connectivity index is 0.957. The first-order valence-electron chi connectivity index (χ1n) is 16.5. The van der Waals surface area contributed by atoms with Gasteiger partial charge < -0.3 is 24.2 Å². The molecule has 6 rings (SSSR count). The van der Waals surface area contributed by atoms with Crippen molar-refractivity contribution in [2.75, 3.05) is 32.6 Å². The Hall–Kier alpha value is -6.05. The molecule has 1 fully saturated rings. The molecule has 0 radical (unpaired) electrons. The minimum Gasteiger partial charge on any atom is -0.494 e. The Kier molecular flexibility index (Phi) is 9.85. The monoisotopic (exact) mass is 694 g/mol. The number of aromatic nitrogens is 2. The molecule has 3 aromatic carbocycles. The molecule has 2 aliphatic rings. The predicted octanol–water partition coefficient (Wildman–Crippen LogP) is 3.96. The first-order valence-corrected chi connectivity index (χ1v) is 16.5. The maximum absolute atomic E-state index is 13.1. The second-order valence-electron chi connectivity index (χ2n) is 13.0. The number of piperidine rings is 1. The van der Waals surface area contributed by atoms with Crippen LogP contribution in [0.15, 0.2) is 71.3 Å². The lowest BCUT2D eigenvalue weighted by molar-refractivity contribution is -0.136. The molecule has 3 heterocycles. The molecule has 2 N–H and O–H groups in total. The van der Waals surface area contributed by atoms with Gasteiger partial charge in [-0.2, -0.15) is 4.98 Å². The number of amides is 5. The van der Waals surface area contributed by atoms with Crippen LogP contribution in [0.2, 0.25) is 0 Å². The summed E-state index contributed by atoms with van der Waals surface area (Å²) in [6.45, 7) is 5.34. The number of hydrogen-bond acceptors (Lipinski definition) is 11. The summed E-state index contributed by atoms with van der Waals surface area (Å²) in [4.78, 5) is 68.2. The standard InChI is InChI=1S/C37H38N6O8/c1-37(2,23-8-13-26(14-9-23)50-21-31-40-32(41-51-31)36(48)42(3)4)22-6-11-25(12-7-22)49-19-5-18-38-24-10-15-27-28(20-24)35(47)43(34(27)46)29-16-17-30(44)39-33(29)45/h6-15,20,29,38H,5,16-19,21H2,1-4H3,(H,39,44,45). The Morgan fingerprint density at radius 3 is 2.24 bits per heavy atom. The van der Waals surface area contributed by atoms with Crippen molar-refractivity contribution in [2.45, 2.75) is 51.2 Å². The number of nitrogens with one attached hydrogen (secondary N) is 2. The average molecular weight is 695 g/mol. The van der Waals surface area contributed by atoms with E-state index in [1.165, 1.54) is 4.90 Å². The summed E-state index contributed by atoms with van der Waals surface area (Å²) >= 11 is 0. The zero-order chi connectivity index (χ0) is 36.3. The Labute approximate surface area is 294 Å². The van der Waals surface area contributed by atoms with E-state index in [0.29, 0.717) is 31.0 Å². The van der Waals surface area contributed by atoms with Crippen LogP contribution in [0.4, 0.5) is 5.69 Å². The lowest BCUT2D eigenvalue weighted by Gasteiger charge is -2.27. The Morgan fingerprint density at radius 1 is 0.941 bits per heavy atom. The lowest BCUT2D eigenvalue weighted by Crippen LogP contribution is -2.54. The molecule has 0 spiro atoms. The van der Waals surface area contributed by atoms with Gasteiger partial charge in [0.15, 0.2) is 6.61 Å². The average Bonchev–Trinajstić information content (AvgIpc) is 3.69. The van der Waals surface area contributed by atoms with Gasteiger partial charge in [0.2, 0.25) is 11.8 Å². The summed E-state index contributed by atoms with van der Waals surface area (Å²) in [6.07, 6.45) is 0.862. The number of anilines is 1. The highest BCUT2D eigenvalue weighted by molar-refractivity contribution is 6.23. The van der Waals surface area contributed by atoms with Gasteiger partial charge in [0.05, 0.1) is 17.7 Å². The first kappa shape index (κ1) is 34.8. The van der Waals surface area contributed by atoms with Crippen LogP contribution in [0.25, 0.3) is 0 Å². The fourth-order valence-electron chi connectivity index (χ4n) is 5.92. The number of imide groups is 2. The molecule has 0 saturated carbocycles. The molecule has 14 nitrogen and oxygen atoms in total. The van der Waals surface area contributed by atoms with E-state index >= 15 is 0 Å². The summed E-state index contributed by atoms with van der Waals surface area (Å²) < 4.78 is 16.9. The number of rotatable bonds is 13. The molecule has 1 saturated heterocycles. The molecule has 1 unspecified atom stereocenters. The number of benzene rings is 3. The van der Waals surface area contributed by atoms with Gasteiger partial charge in [-0.3, -0.25) is 34.2 Å². The fraction of sp³-hybridized carbons (Fsp3) is 0.324. The van der Waals surface area contributed by atoms with Gasteiger partial charge in [-0.1, -0.05) is 43.3 Å². The largest absolute Gasteiger partial charge is 0.494 e. The smallest absolute Gasteiger partial charge is 0.294 e. The number of hydrogen-bond donors (Lipinski definition) is 2. The van der Waals surface area contributed by atoms with Crippen molar-refractivity contribution in [3.8, 4) is 11.5 Å². The van der Waals surface area contributed by atoms with Gasteiger partial charge in [-0.15, -0.1) is 0 Å². The van der Waals surface area contributed by atoms with Crippen LogP contribution in [0.3, 0.4) is 0 Å². The van der Waals surface area contributed by atoms with Crippen molar-refractivity contribution in [3.05, 3.63) is 101 Å². The molecular formula is C37H38N6O8. The van der Waals surface area contributed by atoms with E-state index in [1.54, 1.807) is 32.3 Å². The van der Waals surface area contributed by atoms with Crippen LogP contribution in [-0.2, 0) is 21.6 Å². The molecule has 1 atom stereocenters. The Morgan fingerprint density at radius 2 is 1.59 bits per heavy atom. The maximum Gasteiger partial charge on any atom is 0.294 e. The molecule has 14 heteroatoms. The Bertz CT molecular complexity index is 1970. The highest BCUT2D eigenvalue weighted by atomic mass is 16.5. The van der Waals surface area contributed by atoms with E-state index in [4.69, 9.17) is 14.0 Å². The second kappa shape index (κ2) is 14.4. The van der Waals surface area contributed by atoms with Crippen LogP contribution in [0, 0.1) is 0 Å². The zero-order valence-corrected chi connectivity index (χ0v) is 28.7. The molecule has 264 valence electrons. The van der Waals surface area contributed by atoms with Crippen LogP contribution in [0.5, 0.6) is 11.5 Å². The van der Waals surface area contributed by atoms with E-state index in [1.807, 2.05) is 48.5 Å². The third-order valence-electron chi connectivity index (χ3n) is 8.94. The summed E-state index contributed by atoms with van der Waals surface area (Å²) in [5, 5.41) is 9.16. The molecule has 0 bridgehead atoms. The minimum absolute atomic E-state index is 0.0149. The van der Waals surface area contributed by atoms with Gasteiger partial charge in [0, 0.05) is 38.2 Å². The quantitative estimate of drug-likeness (QED) is 0.153. The predicted molar refractivity (Wildman–Crippen MR) is 183 cm³/mol. The normalized spacial score (nSPS) is 15.8. The highest BCUT2D eigenvalue weighted by Crippen LogP contribution is 2.34. The first-order chi connectivity index (χ1) is 24.4. The molecule has 51 heavy (non-hydrogen) atoms. The van der Waals surface area contributed by atoms with E-state index in [-0.39, 0.29) is 53.6 Å². The number of ether oxygens (including phenoxy) is 2. The molecule has 5 amide bonds. The topological polar surface area (TPSA) is 173 Å². The zero-order valence-electron chi connectivity index (χ0n) is 28.7. The number of nitrogens with zero attached hydrogens (tertiary/aromatic N) is 4. The van der Waals surface area contributed by atoms with Gasteiger partial charge in [-0.05, 0) is 66.4 Å². The fourth-order valence-corrected chi connectivity index (χ4v) is 5.92. The molecule has 2 aliphatic heterocycles. The summed E-state index contributed by atoms with van der Waals surface area (Å²) in [6, 6.07) is 19.7. The maximum atomic E-state index is 13.1. The lowest BCUT2D eigenvalue weighted by atomic mass is 9.78. The van der Waals surface area contributed by atoms with E-state index in [0.717, 1.165) is 21.8 Å². The van der Waals surface area contributed by atoms with E-state index in [2.05, 4.69) is 34.6 Å². The van der Waals surface area contributed by atoms with Gasteiger partial charge in [0.1, 0.15) is 17.5 Å². The second-order valence-corrected chi connectivity index (χ2v) is 13.0. The summed E-state index contributed by atoms with van der Waals surface area (Å²) in [7, 11) is 3.23. The van der Waals surface area contributed by atoms with E-state index in [9.17, 15) is 24.0 Å². The minimum atomic E-state index is -0.996. The van der Waals surface area contributed by atoms with E-state index < -0.39 is 29.7 Å².